The molecule has 2 heterocycles. The molecule has 20 heavy (non-hydrogen) atoms. The number of carbonyl (C=O) groups is 1. The number of rotatable bonds is 5. The average Bonchev–Trinajstić information content (AvgIpc) is 2.93. The van der Waals surface area contributed by atoms with Crippen molar-refractivity contribution in [3.8, 4) is 0 Å². The molecule has 0 saturated carbocycles. The topological polar surface area (TPSA) is 60.5 Å². The SMILES string of the molecule is COCCn1cccc1C(=O)N1CC(CN)CCC1C. The molecule has 2 N–H and O–H groups in total. The average molecular weight is 279 g/mol. The van der Waals surface area contributed by atoms with Crippen molar-refractivity contribution in [2.75, 3.05) is 26.8 Å². The van der Waals surface area contributed by atoms with Crippen molar-refractivity contribution in [2.24, 2.45) is 11.7 Å². The van der Waals surface area contributed by atoms with Crippen LogP contribution in [0, 0.1) is 5.92 Å². The molecule has 0 bridgehead atoms. The van der Waals surface area contributed by atoms with Crippen LogP contribution in [0.2, 0.25) is 0 Å². The van der Waals surface area contributed by atoms with Gasteiger partial charge in [0.15, 0.2) is 0 Å². The van der Waals surface area contributed by atoms with Crippen molar-refractivity contribution < 1.29 is 9.53 Å². The van der Waals surface area contributed by atoms with E-state index in [0.29, 0.717) is 25.6 Å². The summed E-state index contributed by atoms with van der Waals surface area (Å²) in [5.41, 5.74) is 6.51. The van der Waals surface area contributed by atoms with E-state index in [4.69, 9.17) is 10.5 Å². The predicted octanol–water partition coefficient (Wildman–Crippen LogP) is 1.33. The Morgan fingerprint density at radius 2 is 2.30 bits per heavy atom. The predicted molar refractivity (Wildman–Crippen MR) is 78.6 cm³/mol. The molecule has 112 valence electrons. The monoisotopic (exact) mass is 279 g/mol. The highest BCUT2D eigenvalue weighted by Crippen LogP contribution is 2.23. The molecule has 2 rings (SSSR count). The van der Waals surface area contributed by atoms with Gasteiger partial charge >= 0.3 is 0 Å². The molecule has 0 aliphatic carbocycles. The molecule has 0 radical (unpaired) electrons. The lowest BCUT2D eigenvalue weighted by Crippen LogP contribution is -2.47. The molecule has 1 saturated heterocycles. The van der Waals surface area contributed by atoms with Gasteiger partial charge in [-0.05, 0) is 44.4 Å². The Kier molecular flexibility index (Phi) is 5.20. The van der Waals surface area contributed by atoms with E-state index >= 15 is 0 Å². The Bertz CT molecular complexity index is 444. The van der Waals surface area contributed by atoms with E-state index in [1.54, 1.807) is 7.11 Å². The van der Waals surface area contributed by atoms with E-state index in [1.807, 2.05) is 27.8 Å². The number of hydrogen-bond acceptors (Lipinski definition) is 3. The zero-order valence-electron chi connectivity index (χ0n) is 12.4. The third-order valence-electron chi connectivity index (χ3n) is 4.16. The van der Waals surface area contributed by atoms with Crippen LogP contribution in [0.3, 0.4) is 0 Å². The normalized spacial score (nSPS) is 23.1. The van der Waals surface area contributed by atoms with Crippen LogP contribution in [0.5, 0.6) is 0 Å². The van der Waals surface area contributed by atoms with Crippen LogP contribution in [0.25, 0.3) is 0 Å². The molecule has 1 aromatic heterocycles. The smallest absolute Gasteiger partial charge is 0.270 e. The maximum absolute atomic E-state index is 12.7. The lowest BCUT2D eigenvalue weighted by Gasteiger charge is -2.37. The van der Waals surface area contributed by atoms with E-state index in [9.17, 15) is 4.79 Å². The van der Waals surface area contributed by atoms with Crippen molar-refractivity contribution in [3.63, 3.8) is 0 Å². The molecule has 5 nitrogen and oxygen atoms in total. The first-order valence-corrected chi connectivity index (χ1v) is 7.32. The summed E-state index contributed by atoms with van der Waals surface area (Å²) in [6.45, 7) is 4.85. The molecule has 1 aliphatic heterocycles. The van der Waals surface area contributed by atoms with Gasteiger partial charge < -0.3 is 19.9 Å². The van der Waals surface area contributed by atoms with Crippen LogP contribution < -0.4 is 5.73 Å². The summed E-state index contributed by atoms with van der Waals surface area (Å²) in [6.07, 6.45) is 4.08. The van der Waals surface area contributed by atoms with Gasteiger partial charge in [-0.2, -0.15) is 0 Å². The minimum Gasteiger partial charge on any atom is -0.383 e. The quantitative estimate of drug-likeness (QED) is 0.884. The molecule has 0 aromatic carbocycles. The van der Waals surface area contributed by atoms with Gasteiger partial charge in [0.2, 0.25) is 0 Å². The summed E-state index contributed by atoms with van der Waals surface area (Å²) in [7, 11) is 1.67. The van der Waals surface area contributed by atoms with Crippen LogP contribution in [0.4, 0.5) is 0 Å². The van der Waals surface area contributed by atoms with Crippen LogP contribution in [0.1, 0.15) is 30.3 Å². The number of amides is 1. The summed E-state index contributed by atoms with van der Waals surface area (Å²) in [4.78, 5) is 14.7. The maximum atomic E-state index is 12.7. The Hall–Kier alpha value is -1.33. The lowest BCUT2D eigenvalue weighted by atomic mass is 9.93. The number of hydrogen-bond donors (Lipinski definition) is 1. The lowest BCUT2D eigenvalue weighted by molar-refractivity contribution is 0.0554. The first-order chi connectivity index (χ1) is 9.67. The Labute approximate surface area is 120 Å². The van der Waals surface area contributed by atoms with Gasteiger partial charge in [-0.25, -0.2) is 0 Å². The highest BCUT2D eigenvalue weighted by molar-refractivity contribution is 5.93. The van der Waals surface area contributed by atoms with Gasteiger partial charge in [0.25, 0.3) is 5.91 Å². The number of nitrogens with two attached hydrogens (primary N) is 1. The number of ether oxygens (including phenoxy) is 1. The van der Waals surface area contributed by atoms with Crippen molar-refractivity contribution in [1.82, 2.24) is 9.47 Å². The third-order valence-corrected chi connectivity index (χ3v) is 4.16. The minimum absolute atomic E-state index is 0.108. The van der Waals surface area contributed by atoms with Gasteiger partial charge in [-0.1, -0.05) is 0 Å². The van der Waals surface area contributed by atoms with Crippen molar-refractivity contribution in [2.45, 2.75) is 32.4 Å². The molecule has 1 aliphatic rings. The number of nitrogens with zero attached hydrogens (tertiary/aromatic N) is 2. The summed E-state index contributed by atoms with van der Waals surface area (Å²) < 4.78 is 7.05. The Morgan fingerprint density at radius 1 is 1.50 bits per heavy atom. The fourth-order valence-electron chi connectivity index (χ4n) is 2.80. The number of piperidine rings is 1. The second-order valence-electron chi connectivity index (χ2n) is 5.57. The zero-order chi connectivity index (χ0) is 14.5. The van der Waals surface area contributed by atoms with Crippen molar-refractivity contribution in [1.29, 1.82) is 0 Å². The Morgan fingerprint density at radius 3 is 3.00 bits per heavy atom. The summed E-state index contributed by atoms with van der Waals surface area (Å²) in [6, 6.07) is 4.09. The molecule has 0 spiro atoms. The van der Waals surface area contributed by atoms with Gasteiger partial charge in [0.1, 0.15) is 5.69 Å². The van der Waals surface area contributed by atoms with Crippen molar-refractivity contribution >= 4 is 5.91 Å². The highest BCUT2D eigenvalue weighted by atomic mass is 16.5. The standard InChI is InChI=1S/C15H25N3O2/c1-12-5-6-13(10-16)11-18(12)15(19)14-4-3-7-17(14)8-9-20-2/h3-4,7,12-13H,5-6,8-11,16H2,1-2H3. The van der Waals surface area contributed by atoms with Crippen LogP contribution in [-0.2, 0) is 11.3 Å². The van der Waals surface area contributed by atoms with Gasteiger partial charge in [-0.15, -0.1) is 0 Å². The molecule has 2 unspecified atom stereocenters. The minimum atomic E-state index is 0.108. The number of carbonyl (C=O) groups excluding carboxylic acids is 1. The maximum Gasteiger partial charge on any atom is 0.270 e. The van der Waals surface area contributed by atoms with Gasteiger partial charge in [-0.3, -0.25) is 4.79 Å². The summed E-state index contributed by atoms with van der Waals surface area (Å²) in [5, 5.41) is 0. The molecule has 1 aromatic rings. The van der Waals surface area contributed by atoms with Crippen molar-refractivity contribution in [3.05, 3.63) is 24.0 Å². The third kappa shape index (κ3) is 3.22. The molecular weight excluding hydrogens is 254 g/mol. The van der Waals surface area contributed by atoms with E-state index in [-0.39, 0.29) is 11.9 Å². The largest absolute Gasteiger partial charge is 0.383 e. The van der Waals surface area contributed by atoms with Gasteiger partial charge in [0, 0.05) is 32.4 Å². The molecule has 1 amide bonds. The fourth-order valence-corrected chi connectivity index (χ4v) is 2.80. The van der Waals surface area contributed by atoms with E-state index in [0.717, 1.165) is 25.1 Å². The molecule has 5 heteroatoms. The van der Waals surface area contributed by atoms with Crippen LogP contribution in [-0.4, -0.2) is 48.2 Å². The zero-order valence-corrected chi connectivity index (χ0v) is 12.4. The van der Waals surface area contributed by atoms with Gasteiger partial charge in [0.05, 0.1) is 6.61 Å². The second-order valence-corrected chi connectivity index (χ2v) is 5.57. The molecule has 1 fully saturated rings. The first-order valence-electron chi connectivity index (χ1n) is 7.32. The van der Waals surface area contributed by atoms with Crippen LogP contribution in [0.15, 0.2) is 18.3 Å². The first kappa shape index (κ1) is 15.1. The summed E-state index contributed by atoms with van der Waals surface area (Å²) >= 11 is 0. The highest BCUT2D eigenvalue weighted by Gasteiger charge is 2.30. The Balaban J connectivity index is 2.11. The number of methoxy groups -OCH3 is 1. The fraction of sp³-hybridized carbons (Fsp3) is 0.667. The molecule has 2 atom stereocenters. The molecular formula is C15H25N3O2. The number of likely N-dealkylation sites (tertiary alicyclic amines) is 1. The second kappa shape index (κ2) is 6.90. The van der Waals surface area contributed by atoms with E-state index < -0.39 is 0 Å². The number of aromatic nitrogens is 1. The van der Waals surface area contributed by atoms with Crippen LogP contribution >= 0.6 is 0 Å². The van der Waals surface area contributed by atoms with E-state index in [1.165, 1.54) is 0 Å². The summed E-state index contributed by atoms with van der Waals surface area (Å²) in [5.74, 6) is 0.536. The van der Waals surface area contributed by atoms with E-state index in [2.05, 4.69) is 6.92 Å².